The van der Waals surface area contributed by atoms with Crippen LogP contribution >= 0.6 is 0 Å². The fourth-order valence-electron chi connectivity index (χ4n) is 7.69. The number of fused-ring (bicyclic) bond motifs is 2. The van der Waals surface area contributed by atoms with Crippen molar-refractivity contribution in [2.75, 3.05) is 13.7 Å². The molecule has 5 aliphatic rings. The molecule has 0 saturated carbocycles. The van der Waals surface area contributed by atoms with Crippen molar-refractivity contribution in [3.8, 4) is 0 Å². The topological polar surface area (TPSA) is 116 Å². The Morgan fingerprint density at radius 1 is 1.18 bits per heavy atom. The molecule has 45 heavy (non-hydrogen) atoms. The lowest BCUT2D eigenvalue weighted by atomic mass is 9.69. The smallest absolute Gasteiger partial charge is 0.316 e. The molecule has 0 unspecified atom stereocenters. The number of esters is 1. The molecule has 9 nitrogen and oxygen atoms in total. The van der Waals surface area contributed by atoms with E-state index < -0.39 is 41.1 Å². The second-order valence-electron chi connectivity index (χ2n) is 14.3. The van der Waals surface area contributed by atoms with Crippen LogP contribution in [-0.4, -0.2) is 77.0 Å². The first-order valence-electron chi connectivity index (χ1n) is 16.4. The molecule has 3 saturated heterocycles. The number of carbonyl (C=O) groups is 1. The second-order valence-corrected chi connectivity index (χ2v) is 14.3. The summed E-state index contributed by atoms with van der Waals surface area (Å²) in [7, 11) is 1.54. The van der Waals surface area contributed by atoms with Gasteiger partial charge in [-0.2, -0.15) is 0 Å². The van der Waals surface area contributed by atoms with E-state index in [4.69, 9.17) is 23.8 Å². The first-order valence-corrected chi connectivity index (χ1v) is 16.4. The van der Waals surface area contributed by atoms with Crippen LogP contribution in [0.4, 0.5) is 0 Å². The average Bonchev–Trinajstić information content (AvgIpc) is 3.28. The minimum Gasteiger partial charge on any atom is -0.462 e. The summed E-state index contributed by atoms with van der Waals surface area (Å²) in [5.74, 6) is -2.12. The maximum Gasteiger partial charge on any atom is 0.316 e. The lowest BCUT2D eigenvalue weighted by Crippen LogP contribution is -2.61. The standard InChI is InChI=1S/C36H51NO8/c1-22(2)15-25(5)31-17-27(37-41-7)19-35(45-31)20-29-18-28(44-35)12-11-24(4)16-23(3)9-8-10-26-21-42-33-34(6,39)14-13-30(32(38)43-29)36(26,33)40/h8-11,13-15,22-23,28-31,33,39-40H,12,16-21H2,1-7H3/b9-8+,24-11+,25-15+,26-10+,37-27-/t23-,28+,29-,30-,31-,33+,34+,35+,36+/m0/s1. The Morgan fingerprint density at radius 3 is 2.69 bits per heavy atom. The molecule has 248 valence electrons. The van der Waals surface area contributed by atoms with E-state index in [2.05, 4.69) is 58.0 Å². The first-order chi connectivity index (χ1) is 21.2. The zero-order valence-electron chi connectivity index (χ0n) is 27.8. The molecular weight excluding hydrogens is 574 g/mol. The van der Waals surface area contributed by atoms with Crippen LogP contribution in [0.3, 0.4) is 0 Å². The molecular formula is C36H51NO8. The monoisotopic (exact) mass is 625 g/mol. The van der Waals surface area contributed by atoms with Gasteiger partial charge in [-0.3, -0.25) is 4.79 Å². The SMILES string of the molecule is CO/N=C1/C[C@@H](/C(C)=C/C(C)C)O[C@]2(C1)C[C@@H]1C[C@@H](C/C=C(\C)C[C@@H](C)/C=C/C=C3\CO[C@H]4[C@]3(O)[C@@H](C=C[C@@]4(C)O)C(=O)O1)O2. The number of carbonyl (C=O) groups excluding carboxylic acids is 1. The van der Waals surface area contributed by atoms with Crippen molar-refractivity contribution in [2.45, 2.75) is 121 Å². The van der Waals surface area contributed by atoms with Crippen LogP contribution in [0.25, 0.3) is 0 Å². The number of allylic oxidation sites excluding steroid dienone is 5. The van der Waals surface area contributed by atoms with Crippen LogP contribution in [0.15, 0.2) is 64.4 Å². The lowest BCUT2D eigenvalue weighted by molar-refractivity contribution is -0.309. The van der Waals surface area contributed by atoms with Gasteiger partial charge in [0.05, 0.1) is 24.5 Å². The van der Waals surface area contributed by atoms with E-state index in [9.17, 15) is 15.0 Å². The van der Waals surface area contributed by atoms with E-state index in [0.717, 1.165) is 17.7 Å². The summed E-state index contributed by atoms with van der Waals surface area (Å²) in [6, 6.07) is 0. The third-order valence-corrected chi connectivity index (χ3v) is 9.62. The highest BCUT2D eigenvalue weighted by atomic mass is 16.7. The summed E-state index contributed by atoms with van der Waals surface area (Å²) in [6.07, 6.45) is 14.5. The Morgan fingerprint density at radius 2 is 1.96 bits per heavy atom. The van der Waals surface area contributed by atoms with E-state index in [0.29, 0.717) is 43.6 Å². The minimum absolute atomic E-state index is 0.100. The Balaban J connectivity index is 1.53. The maximum atomic E-state index is 14.1. The summed E-state index contributed by atoms with van der Waals surface area (Å²) < 4.78 is 25.8. The third-order valence-electron chi connectivity index (χ3n) is 9.62. The largest absolute Gasteiger partial charge is 0.462 e. The molecule has 2 bridgehead atoms. The molecule has 1 aliphatic carbocycles. The normalized spacial score (nSPS) is 45.0. The van der Waals surface area contributed by atoms with Crippen molar-refractivity contribution in [1.82, 2.24) is 0 Å². The van der Waals surface area contributed by atoms with Crippen LogP contribution in [0, 0.1) is 17.8 Å². The molecule has 4 aliphatic heterocycles. The van der Waals surface area contributed by atoms with Gasteiger partial charge in [0.15, 0.2) is 5.79 Å². The molecule has 0 radical (unpaired) electrons. The Bertz CT molecular complexity index is 1310. The zero-order valence-corrected chi connectivity index (χ0v) is 27.8. The quantitative estimate of drug-likeness (QED) is 0.241. The zero-order chi connectivity index (χ0) is 32.6. The van der Waals surface area contributed by atoms with Gasteiger partial charge in [0.2, 0.25) is 0 Å². The fraction of sp³-hybridized carbons (Fsp3) is 0.667. The number of rotatable bonds is 3. The predicted octanol–water partition coefficient (Wildman–Crippen LogP) is 5.48. The Hall–Kier alpha value is -2.56. The van der Waals surface area contributed by atoms with E-state index in [1.54, 1.807) is 13.0 Å². The van der Waals surface area contributed by atoms with Crippen LogP contribution in [0.1, 0.15) is 80.1 Å². The van der Waals surface area contributed by atoms with Crippen molar-refractivity contribution in [3.05, 3.63) is 59.3 Å². The van der Waals surface area contributed by atoms with Crippen molar-refractivity contribution < 1.29 is 38.8 Å². The molecule has 2 N–H and O–H groups in total. The number of oxime groups is 1. The molecule has 9 atom stereocenters. The number of hydrogen-bond donors (Lipinski definition) is 2. The summed E-state index contributed by atoms with van der Waals surface area (Å²) in [5.41, 5.74) is 0.472. The van der Waals surface area contributed by atoms with Crippen LogP contribution < -0.4 is 0 Å². The van der Waals surface area contributed by atoms with Gasteiger partial charge < -0.3 is 34.0 Å². The molecule has 5 rings (SSSR count). The third kappa shape index (κ3) is 7.23. The Labute approximate surface area is 267 Å². The van der Waals surface area contributed by atoms with E-state index in [1.165, 1.54) is 18.8 Å². The highest BCUT2D eigenvalue weighted by molar-refractivity contribution is 5.86. The summed E-state index contributed by atoms with van der Waals surface area (Å²) >= 11 is 0. The summed E-state index contributed by atoms with van der Waals surface area (Å²) in [6.45, 7) is 12.3. The van der Waals surface area contributed by atoms with Crippen molar-refractivity contribution in [1.29, 1.82) is 0 Å². The number of aliphatic hydroxyl groups is 2. The molecule has 0 aromatic heterocycles. The molecule has 9 heteroatoms. The highest BCUT2D eigenvalue weighted by Gasteiger charge is 2.62. The van der Waals surface area contributed by atoms with Gasteiger partial charge in [-0.15, -0.1) is 0 Å². The van der Waals surface area contributed by atoms with Crippen LogP contribution in [0.2, 0.25) is 0 Å². The van der Waals surface area contributed by atoms with Crippen molar-refractivity contribution in [3.63, 3.8) is 0 Å². The number of nitrogens with zero attached hydrogens (tertiary/aromatic N) is 1. The van der Waals surface area contributed by atoms with E-state index in [-0.39, 0.29) is 24.7 Å². The molecule has 3 fully saturated rings. The van der Waals surface area contributed by atoms with E-state index >= 15 is 0 Å². The predicted molar refractivity (Wildman–Crippen MR) is 171 cm³/mol. The molecule has 0 amide bonds. The van der Waals surface area contributed by atoms with Gasteiger partial charge in [0.25, 0.3) is 0 Å². The van der Waals surface area contributed by atoms with E-state index in [1.807, 2.05) is 12.2 Å². The summed E-state index contributed by atoms with van der Waals surface area (Å²) in [4.78, 5) is 19.3. The number of ether oxygens (including phenoxy) is 4. The molecule has 4 heterocycles. The molecule has 1 spiro atoms. The fourth-order valence-corrected chi connectivity index (χ4v) is 7.69. The lowest BCUT2D eigenvalue weighted by Gasteiger charge is -2.48. The van der Waals surface area contributed by atoms with Gasteiger partial charge in [-0.1, -0.05) is 74.0 Å². The van der Waals surface area contributed by atoms with Crippen molar-refractivity contribution >= 4 is 11.7 Å². The second kappa shape index (κ2) is 13.3. The van der Waals surface area contributed by atoms with Gasteiger partial charge in [0, 0.05) is 25.7 Å². The van der Waals surface area contributed by atoms with Crippen LogP contribution in [0.5, 0.6) is 0 Å². The minimum atomic E-state index is -1.76. The average molecular weight is 626 g/mol. The van der Waals surface area contributed by atoms with Gasteiger partial charge in [0.1, 0.15) is 36.4 Å². The number of hydrogen-bond acceptors (Lipinski definition) is 9. The molecule has 0 aromatic carbocycles. The first kappa shape index (κ1) is 33.8. The summed E-state index contributed by atoms with van der Waals surface area (Å²) in [5, 5.41) is 27.7. The van der Waals surface area contributed by atoms with Gasteiger partial charge in [-0.05, 0) is 56.6 Å². The van der Waals surface area contributed by atoms with Gasteiger partial charge >= 0.3 is 5.97 Å². The maximum absolute atomic E-state index is 14.1. The van der Waals surface area contributed by atoms with Crippen molar-refractivity contribution in [2.24, 2.45) is 22.9 Å². The highest BCUT2D eigenvalue weighted by Crippen LogP contribution is 2.48. The molecule has 0 aromatic rings. The van der Waals surface area contributed by atoms with Crippen LogP contribution in [-0.2, 0) is 28.6 Å². The Kier molecular flexibility index (Phi) is 9.97. The van der Waals surface area contributed by atoms with Gasteiger partial charge in [-0.25, -0.2) is 0 Å².